The monoisotopic (exact) mass is 403 g/mol. The van der Waals surface area contributed by atoms with E-state index in [2.05, 4.69) is 27.7 Å². The van der Waals surface area contributed by atoms with E-state index in [9.17, 15) is 0 Å². The van der Waals surface area contributed by atoms with Crippen molar-refractivity contribution in [3.05, 3.63) is 0 Å². The van der Waals surface area contributed by atoms with Crippen LogP contribution in [0.5, 0.6) is 0 Å². The molecule has 0 bridgehead atoms. The molecule has 0 spiro atoms. The summed E-state index contributed by atoms with van der Waals surface area (Å²) < 4.78 is 1.40. The van der Waals surface area contributed by atoms with Gasteiger partial charge in [-0.3, -0.25) is 0 Å². The van der Waals surface area contributed by atoms with Crippen LogP contribution in [0, 0.1) is 0 Å². The third kappa shape index (κ3) is 18.0. The maximum atomic E-state index is 2.44. The minimum absolute atomic E-state index is 0. The lowest BCUT2D eigenvalue weighted by atomic mass is 10.1. The summed E-state index contributed by atoms with van der Waals surface area (Å²) in [6.07, 6.45) is 24.5. The first-order valence-corrected chi connectivity index (χ1v) is 12.6. The number of quaternary nitrogens is 1. The zero-order chi connectivity index (χ0) is 19.3. The average Bonchev–Trinajstić information content (AvgIpc) is 2.66. The molecule has 0 aromatic heterocycles. The Labute approximate surface area is 180 Å². The van der Waals surface area contributed by atoms with E-state index in [4.69, 9.17) is 0 Å². The van der Waals surface area contributed by atoms with Crippen LogP contribution in [0.4, 0.5) is 0 Å². The number of hydrogen-bond donors (Lipinski definition) is 0. The number of hydrogen-bond acceptors (Lipinski definition) is 0. The second-order valence-corrected chi connectivity index (χ2v) is 8.78. The van der Waals surface area contributed by atoms with E-state index in [1.807, 2.05) is 0 Å². The van der Waals surface area contributed by atoms with Crippen molar-refractivity contribution in [2.45, 2.75) is 137 Å². The van der Waals surface area contributed by atoms with Crippen molar-refractivity contribution in [3.63, 3.8) is 0 Å². The van der Waals surface area contributed by atoms with Crippen molar-refractivity contribution in [3.8, 4) is 0 Å². The second-order valence-electron chi connectivity index (χ2n) is 8.78. The molecule has 0 saturated heterocycles. The van der Waals surface area contributed by atoms with Gasteiger partial charge in [-0.25, -0.2) is 0 Å². The summed E-state index contributed by atoms with van der Waals surface area (Å²) in [4.78, 5) is 0. The molecule has 0 aliphatic carbocycles. The second kappa shape index (κ2) is 22.5. The summed E-state index contributed by atoms with van der Waals surface area (Å²) in [6, 6.07) is 0. The molecule has 0 aliphatic rings. The van der Waals surface area contributed by atoms with Gasteiger partial charge in [-0.05, 0) is 39.0 Å². The molecule has 0 unspecified atom stereocenters. The van der Waals surface area contributed by atoms with Crippen LogP contribution in [0.2, 0.25) is 0 Å². The van der Waals surface area contributed by atoms with Gasteiger partial charge in [0.25, 0.3) is 0 Å². The standard InChI is InChI=1S/C25H54N.ClH/c1-5-9-11-13-15-17-19-21-24-26(8-4,23-7-3)25-22-20-18-16-14-12-10-6-2;/h5-25H2,1-4H3;1H/q+1;/p-1. The lowest BCUT2D eigenvalue weighted by Crippen LogP contribution is -3.00. The van der Waals surface area contributed by atoms with E-state index in [0.717, 1.165) is 0 Å². The van der Waals surface area contributed by atoms with E-state index in [1.165, 1.54) is 140 Å². The fraction of sp³-hybridized carbons (Fsp3) is 1.00. The SMILES string of the molecule is CCCCCCCCCC[N+](CC)(CCC)CCCCCCCCCC.[Cl-]. The van der Waals surface area contributed by atoms with Crippen molar-refractivity contribution < 1.29 is 16.9 Å². The van der Waals surface area contributed by atoms with Crippen LogP contribution in [0.3, 0.4) is 0 Å². The summed E-state index contributed by atoms with van der Waals surface area (Å²) in [5.41, 5.74) is 0. The van der Waals surface area contributed by atoms with E-state index < -0.39 is 0 Å². The van der Waals surface area contributed by atoms with Gasteiger partial charge < -0.3 is 16.9 Å². The number of unbranched alkanes of at least 4 members (excludes halogenated alkanes) is 14. The molecule has 0 amide bonds. The predicted octanol–water partition coefficient (Wildman–Crippen LogP) is 5.52. The highest BCUT2D eigenvalue weighted by Crippen LogP contribution is 2.17. The molecule has 2 heteroatoms. The van der Waals surface area contributed by atoms with Gasteiger partial charge in [0.05, 0.1) is 26.2 Å². The van der Waals surface area contributed by atoms with E-state index in [1.54, 1.807) is 0 Å². The van der Waals surface area contributed by atoms with Crippen LogP contribution >= 0.6 is 0 Å². The lowest BCUT2D eigenvalue weighted by Gasteiger charge is -2.38. The number of rotatable bonds is 21. The molecule has 0 atom stereocenters. The van der Waals surface area contributed by atoms with Crippen molar-refractivity contribution in [2.75, 3.05) is 26.2 Å². The maximum absolute atomic E-state index is 2.44. The topological polar surface area (TPSA) is 0 Å². The van der Waals surface area contributed by atoms with Crippen LogP contribution in [0.15, 0.2) is 0 Å². The maximum Gasteiger partial charge on any atom is 0.0786 e. The van der Waals surface area contributed by atoms with Crippen LogP contribution in [0.1, 0.15) is 137 Å². The molecule has 0 N–H and O–H groups in total. The molecule has 0 aliphatic heterocycles. The highest BCUT2D eigenvalue weighted by atomic mass is 35.5. The molecule has 0 heterocycles. The highest BCUT2D eigenvalue weighted by molar-refractivity contribution is 4.51. The van der Waals surface area contributed by atoms with Crippen molar-refractivity contribution >= 4 is 0 Å². The molecule has 0 rings (SSSR count). The summed E-state index contributed by atoms with van der Waals surface area (Å²) in [7, 11) is 0. The van der Waals surface area contributed by atoms with E-state index >= 15 is 0 Å². The van der Waals surface area contributed by atoms with Crippen LogP contribution in [0.25, 0.3) is 0 Å². The van der Waals surface area contributed by atoms with Gasteiger partial charge in [-0.15, -0.1) is 0 Å². The Balaban J connectivity index is 0. The fourth-order valence-corrected chi connectivity index (χ4v) is 4.45. The van der Waals surface area contributed by atoms with Crippen LogP contribution < -0.4 is 12.4 Å². The smallest absolute Gasteiger partial charge is 0.0786 e. The Morgan fingerprint density at radius 3 is 1.00 bits per heavy atom. The Bertz CT molecular complexity index is 247. The molecule has 0 saturated carbocycles. The quantitative estimate of drug-likeness (QED) is 0.175. The Morgan fingerprint density at radius 1 is 0.370 bits per heavy atom. The first-order chi connectivity index (χ1) is 12.7. The van der Waals surface area contributed by atoms with Gasteiger partial charge in [0.1, 0.15) is 0 Å². The molecule has 0 aromatic rings. The van der Waals surface area contributed by atoms with E-state index in [-0.39, 0.29) is 12.4 Å². The van der Waals surface area contributed by atoms with Crippen molar-refractivity contribution in [1.29, 1.82) is 0 Å². The van der Waals surface area contributed by atoms with Gasteiger partial charge in [-0.2, -0.15) is 0 Å². The lowest BCUT2D eigenvalue weighted by molar-refractivity contribution is -0.927. The third-order valence-corrected chi connectivity index (χ3v) is 6.34. The fourth-order valence-electron chi connectivity index (χ4n) is 4.45. The van der Waals surface area contributed by atoms with Crippen molar-refractivity contribution in [2.24, 2.45) is 0 Å². The summed E-state index contributed by atoms with van der Waals surface area (Å²) in [5, 5.41) is 0. The molecule has 1 nitrogen and oxygen atoms in total. The van der Waals surface area contributed by atoms with Gasteiger partial charge in [0, 0.05) is 0 Å². The number of nitrogens with zero attached hydrogens (tertiary/aromatic N) is 1. The molecule has 0 radical (unpaired) electrons. The van der Waals surface area contributed by atoms with Crippen molar-refractivity contribution in [1.82, 2.24) is 0 Å². The first-order valence-electron chi connectivity index (χ1n) is 12.6. The number of halogens is 1. The zero-order valence-electron chi connectivity index (χ0n) is 19.7. The summed E-state index contributed by atoms with van der Waals surface area (Å²) >= 11 is 0. The van der Waals surface area contributed by atoms with E-state index in [0.29, 0.717) is 0 Å². The predicted molar refractivity (Wildman–Crippen MR) is 121 cm³/mol. The highest BCUT2D eigenvalue weighted by Gasteiger charge is 2.23. The van der Waals surface area contributed by atoms with Gasteiger partial charge in [0.15, 0.2) is 0 Å². The molecule has 166 valence electrons. The van der Waals surface area contributed by atoms with Gasteiger partial charge in [-0.1, -0.05) is 97.8 Å². The molecule has 27 heavy (non-hydrogen) atoms. The Kier molecular flexibility index (Phi) is 24.6. The summed E-state index contributed by atoms with van der Waals surface area (Å²) in [5.74, 6) is 0. The zero-order valence-corrected chi connectivity index (χ0v) is 20.4. The minimum Gasteiger partial charge on any atom is -1.00 e. The Morgan fingerprint density at radius 2 is 0.704 bits per heavy atom. The summed E-state index contributed by atoms with van der Waals surface area (Å²) in [6.45, 7) is 15.1. The largest absolute Gasteiger partial charge is 1.00 e. The Hall–Kier alpha value is 0.250. The minimum atomic E-state index is 0. The van der Waals surface area contributed by atoms with Crippen LogP contribution in [-0.2, 0) is 0 Å². The molecular weight excluding hydrogens is 350 g/mol. The normalized spacial score (nSPS) is 11.6. The molecular formula is C25H54ClN. The van der Waals surface area contributed by atoms with Crippen LogP contribution in [-0.4, -0.2) is 30.7 Å². The van der Waals surface area contributed by atoms with Gasteiger partial charge in [0.2, 0.25) is 0 Å². The first kappa shape index (κ1) is 29.5. The van der Waals surface area contributed by atoms with Gasteiger partial charge >= 0.3 is 0 Å². The molecule has 0 fully saturated rings. The third-order valence-electron chi connectivity index (χ3n) is 6.34. The molecule has 0 aromatic carbocycles. The average molecular weight is 404 g/mol.